The van der Waals surface area contributed by atoms with Crippen LogP contribution in [0.5, 0.6) is 11.5 Å². The van der Waals surface area contributed by atoms with Crippen LogP contribution in [0.3, 0.4) is 0 Å². The minimum Gasteiger partial charge on any atom is -0.493 e. The molecule has 1 atom stereocenters. The monoisotopic (exact) mass is 402 g/mol. The molecule has 4 rings (SSSR count). The Morgan fingerprint density at radius 3 is 2.75 bits per heavy atom. The molecule has 5 nitrogen and oxygen atoms in total. The molecular formula is C21H23FN2O3S. The van der Waals surface area contributed by atoms with E-state index in [1.54, 1.807) is 13.2 Å². The Morgan fingerprint density at radius 2 is 2.00 bits per heavy atom. The van der Waals surface area contributed by atoms with Gasteiger partial charge in [-0.2, -0.15) is 0 Å². The third-order valence-electron chi connectivity index (χ3n) is 4.83. The van der Waals surface area contributed by atoms with E-state index in [9.17, 15) is 4.39 Å². The second kappa shape index (κ2) is 8.43. The van der Waals surface area contributed by atoms with Crippen molar-refractivity contribution in [3.8, 4) is 22.1 Å². The van der Waals surface area contributed by atoms with Crippen LogP contribution in [0.15, 0.2) is 36.4 Å². The molecule has 1 aliphatic heterocycles. The Labute approximate surface area is 167 Å². The maximum absolute atomic E-state index is 13.5. The zero-order chi connectivity index (χ0) is 19.5. The first-order chi connectivity index (χ1) is 13.7. The van der Waals surface area contributed by atoms with Gasteiger partial charge in [-0.05, 0) is 36.8 Å². The lowest BCUT2D eigenvalue weighted by atomic mass is 10.2. The van der Waals surface area contributed by atoms with Gasteiger partial charge in [-0.3, -0.25) is 4.90 Å². The number of morpholine rings is 1. The van der Waals surface area contributed by atoms with Crippen molar-refractivity contribution in [2.24, 2.45) is 0 Å². The summed E-state index contributed by atoms with van der Waals surface area (Å²) in [6.45, 7) is 5.25. The number of aromatic nitrogens is 1. The van der Waals surface area contributed by atoms with Crippen LogP contribution in [0.4, 0.5) is 4.39 Å². The van der Waals surface area contributed by atoms with E-state index in [0.29, 0.717) is 17.0 Å². The van der Waals surface area contributed by atoms with Crippen molar-refractivity contribution in [1.29, 1.82) is 0 Å². The predicted molar refractivity (Wildman–Crippen MR) is 109 cm³/mol. The average molecular weight is 402 g/mol. The van der Waals surface area contributed by atoms with Crippen LogP contribution in [0.1, 0.15) is 13.3 Å². The second-order valence-electron chi connectivity index (χ2n) is 6.63. The lowest BCUT2D eigenvalue weighted by Gasteiger charge is -2.34. The average Bonchev–Trinajstić information content (AvgIpc) is 3.15. The fourth-order valence-corrected chi connectivity index (χ4v) is 4.30. The number of rotatable bonds is 6. The minimum atomic E-state index is -0.278. The first-order valence-corrected chi connectivity index (χ1v) is 10.2. The Balaban J connectivity index is 1.64. The van der Waals surface area contributed by atoms with E-state index < -0.39 is 0 Å². The molecule has 1 unspecified atom stereocenters. The smallest absolute Gasteiger partial charge is 0.164 e. The van der Waals surface area contributed by atoms with Crippen LogP contribution >= 0.6 is 11.3 Å². The summed E-state index contributed by atoms with van der Waals surface area (Å²) >= 11 is 1.53. The molecule has 148 valence electrons. The Bertz CT molecular complexity index is 956. The lowest BCUT2D eigenvalue weighted by molar-refractivity contribution is -0.0475. The summed E-state index contributed by atoms with van der Waals surface area (Å²) in [6, 6.07) is 10.5. The molecule has 0 saturated carbocycles. The molecule has 1 aliphatic rings. The second-order valence-corrected chi connectivity index (χ2v) is 7.66. The zero-order valence-corrected chi connectivity index (χ0v) is 16.8. The molecule has 0 radical (unpaired) electrons. The van der Waals surface area contributed by atoms with Crippen molar-refractivity contribution in [2.75, 3.05) is 33.4 Å². The number of nitrogens with zero attached hydrogens (tertiary/aromatic N) is 2. The molecule has 0 amide bonds. The van der Waals surface area contributed by atoms with E-state index in [1.165, 1.54) is 23.5 Å². The predicted octanol–water partition coefficient (Wildman–Crippen LogP) is 4.56. The summed E-state index contributed by atoms with van der Waals surface area (Å²) in [5, 5.41) is 0.826. The summed E-state index contributed by atoms with van der Waals surface area (Å²) in [4.78, 5) is 6.87. The van der Waals surface area contributed by atoms with Crippen LogP contribution in [-0.2, 0) is 4.74 Å². The van der Waals surface area contributed by atoms with Crippen molar-refractivity contribution in [3.63, 3.8) is 0 Å². The number of halogens is 1. The third kappa shape index (κ3) is 3.97. The fraction of sp³-hybridized carbons (Fsp3) is 0.381. The molecular weight excluding hydrogens is 379 g/mol. The van der Waals surface area contributed by atoms with Gasteiger partial charge in [0.05, 0.1) is 30.5 Å². The van der Waals surface area contributed by atoms with Gasteiger partial charge in [0.15, 0.2) is 17.7 Å². The molecule has 0 spiro atoms. The number of hydrogen-bond acceptors (Lipinski definition) is 6. The van der Waals surface area contributed by atoms with Gasteiger partial charge in [0.2, 0.25) is 0 Å². The quantitative estimate of drug-likeness (QED) is 0.605. The molecule has 0 aliphatic carbocycles. The van der Waals surface area contributed by atoms with Crippen molar-refractivity contribution >= 4 is 21.6 Å². The summed E-state index contributed by atoms with van der Waals surface area (Å²) in [5.74, 6) is 1.09. The summed E-state index contributed by atoms with van der Waals surface area (Å²) in [7, 11) is 1.64. The Morgan fingerprint density at radius 1 is 1.18 bits per heavy atom. The van der Waals surface area contributed by atoms with Gasteiger partial charge in [-0.1, -0.05) is 6.92 Å². The number of methoxy groups -OCH3 is 1. The third-order valence-corrected chi connectivity index (χ3v) is 5.91. The van der Waals surface area contributed by atoms with Crippen molar-refractivity contribution in [3.05, 3.63) is 42.2 Å². The van der Waals surface area contributed by atoms with Crippen LogP contribution < -0.4 is 9.47 Å². The number of benzene rings is 2. The zero-order valence-electron chi connectivity index (χ0n) is 16.0. The first-order valence-electron chi connectivity index (χ1n) is 9.41. The highest BCUT2D eigenvalue weighted by Crippen LogP contribution is 2.37. The van der Waals surface area contributed by atoms with Crippen molar-refractivity contribution < 1.29 is 18.6 Å². The van der Waals surface area contributed by atoms with E-state index in [2.05, 4.69) is 16.8 Å². The van der Waals surface area contributed by atoms with Gasteiger partial charge in [0.1, 0.15) is 10.8 Å². The lowest BCUT2D eigenvalue weighted by Crippen LogP contribution is -2.46. The molecule has 3 aromatic rings. The van der Waals surface area contributed by atoms with Crippen LogP contribution in [-0.4, -0.2) is 49.5 Å². The van der Waals surface area contributed by atoms with Crippen LogP contribution in [0, 0.1) is 5.82 Å². The highest BCUT2D eigenvalue weighted by atomic mass is 32.1. The summed E-state index contributed by atoms with van der Waals surface area (Å²) < 4.78 is 31.7. The maximum atomic E-state index is 13.5. The van der Waals surface area contributed by atoms with Crippen molar-refractivity contribution in [1.82, 2.24) is 9.88 Å². The largest absolute Gasteiger partial charge is 0.493 e. The van der Waals surface area contributed by atoms with Crippen LogP contribution in [0.25, 0.3) is 20.8 Å². The number of hydrogen-bond donors (Lipinski definition) is 0. The molecule has 1 fully saturated rings. The van der Waals surface area contributed by atoms with E-state index in [4.69, 9.17) is 14.2 Å². The molecule has 1 saturated heterocycles. The van der Waals surface area contributed by atoms with E-state index in [0.717, 1.165) is 48.0 Å². The number of fused-ring (bicyclic) bond motifs is 1. The van der Waals surface area contributed by atoms with E-state index in [1.807, 2.05) is 18.2 Å². The normalized spacial score (nSPS) is 16.2. The summed E-state index contributed by atoms with van der Waals surface area (Å²) in [6.07, 6.45) is 0.811. The van der Waals surface area contributed by atoms with E-state index >= 15 is 0 Å². The van der Waals surface area contributed by atoms with Gasteiger partial charge in [0.25, 0.3) is 0 Å². The molecule has 0 bridgehead atoms. The maximum Gasteiger partial charge on any atom is 0.164 e. The molecule has 7 heteroatoms. The van der Waals surface area contributed by atoms with Crippen molar-refractivity contribution in [2.45, 2.75) is 19.6 Å². The van der Waals surface area contributed by atoms with Gasteiger partial charge in [-0.25, -0.2) is 9.37 Å². The highest BCUT2D eigenvalue weighted by molar-refractivity contribution is 7.21. The Hall–Kier alpha value is -2.22. The topological polar surface area (TPSA) is 43.8 Å². The molecule has 0 N–H and O–H groups in total. The molecule has 2 aromatic carbocycles. The number of ether oxygens (including phenoxy) is 3. The Kier molecular flexibility index (Phi) is 5.75. The van der Waals surface area contributed by atoms with E-state index in [-0.39, 0.29) is 12.0 Å². The number of thiazole rings is 1. The molecule has 2 heterocycles. The van der Waals surface area contributed by atoms with Gasteiger partial charge >= 0.3 is 0 Å². The fourth-order valence-electron chi connectivity index (χ4n) is 3.35. The minimum absolute atomic E-state index is 0.0440. The van der Waals surface area contributed by atoms with Gasteiger partial charge < -0.3 is 14.2 Å². The SMILES string of the molecule is CCC(Oc1cc(-c2nc3cc(F)ccc3s2)ccc1OC)N1CCOCC1. The first kappa shape index (κ1) is 19.1. The highest BCUT2D eigenvalue weighted by Gasteiger charge is 2.22. The van der Waals surface area contributed by atoms with Crippen LogP contribution in [0.2, 0.25) is 0 Å². The molecule has 28 heavy (non-hydrogen) atoms. The standard InChI is InChI=1S/C21H23FN2O3S/c1-3-20(24-8-10-26-11-9-24)27-18-12-14(4-6-17(18)25-2)21-23-16-13-15(22)5-7-19(16)28-21/h4-7,12-13,20H,3,8-11H2,1-2H3. The molecule has 1 aromatic heterocycles. The van der Waals surface area contributed by atoms with Gasteiger partial charge in [-0.15, -0.1) is 11.3 Å². The summed E-state index contributed by atoms with van der Waals surface area (Å²) in [5.41, 5.74) is 1.59. The van der Waals surface area contributed by atoms with Gasteiger partial charge in [0, 0.05) is 24.7 Å².